The van der Waals surface area contributed by atoms with Gasteiger partial charge in [0, 0.05) is 24.2 Å². The van der Waals surface area contributed by atoms with Gasteiger partial charge in [0.15, 0.2) is 0 Å². The van der Waals surface area contributed by atoms with Gasteiger partial charge in [-0.3, -0.25) is 9.36 Å². The molecule has 0 amide bonds. The van der Waals surface area contributed by atoms with E-state index >= 15 is 0 Å². The molecular formula is C18H14N4O2S. The molecule has 0 aliphatic carbocycles. The first kappa shape index (κ1) is 16.6. The summed E-state index contributed by atoms with van der Waals surface area (Å²) in [4.78, 5) is 20.7. The molecule has 0 unspecified atom stereocenters. The van der Waals surface area contributed by atoms with Crippen molar-refractivity contribution in [2.75, 3.05) is 0 Å². The first-order valence-corrected chi connectivity index (χ1v) is 8.28. The van der Waals surface area contributed by atoms with E-state index in [4.69, 9.17) is 5.26 Å². The molecule has 0 spiro atoms. The van der Waals surface area contributed by atoms with Crippen molar-refractivity contribution in [2.45, 2.75) is 6.92 Å². The molecule has 0 aliphatic rings. The average Bonchev–Trinajstić information content (AvgIpc) is 3.10. The molecule has 0 saturated heterocycles. The Bertz CT molecular complexity index is 1060. The summed E-state index contributed by atoms with van der Waals surface area (Å²) in [6, 6.07) is 11.6. The van der Waals surface area contributed by atoms with Crippen LogP contribution < -0.4 is 5.56 Å². The maximum atomic E-state index is 12.0. The first-order chi connectivity index (χ1) is 12.0. The number of hydrogen-bond donors (Lipinski definition) is 1. The number of aliphatic imine (C=N–C) groups is 1. The molecule has 25 heavy (non-hydrogen) atoms. The number of rotatable bonds is 3. The van der Waals surface area contributed by atoms with Gasteiger partial charge in [-0.05, 0) is 12.5 Å². The number of nitrogens with zero attached hydrogens (tertiary/aromatic N) is 4. The normalized spacial score (nSPS) is 10.9. The SMILES string of the molecule is Cc1c(C=Nc2nc(-c3ccccc3)cs2)c(O)n(C)c(=O)c1C#N. The van der Waals surface area contributed by atoms with Crippen LogP contribution in [0.4, 0.5) is 5.13 Å². The lowest BCUT2D eigenvalue weighted by Gasteiger charge is -2.09. The van der Waals surface area contributed by atoms with Crippen molar-refractivity contribution >= 4 is 22.7 Å². The van der Waals surface area contributed by atoms with Crippen molar-refractivity contribution in [3.8, 4) is 23.2 Å². The lowest BCUT2D eigenvalue weighted by Crippen LogP contribution is -2.22. The van der Waals surface area contributed by atoms with Crippen molar-refractivity contribution in [3.05, 3.63) is 62.8 Å². The van der Waals surface area contributed by atoms with Crippen LogP contribution in [0, 0.1) is 18.3 Å². The van der Waals surface area contributed by atoms with E-state index in [1.165, 1.54) is 24.6 Å². The molecule has 0 atom stereocenters. The summed E-state index contributed by atoms with van der Waals surface area (Å²) in [5.41, 5.74) is 1.99. The molecule has 0 fully saturated rings. The second-order valence-corrected chi connectivity index (χ2v) is 6.19. The third-order valence-electron chi connectivity index (χ3n) is 3.83. The first-order valence-electron chi connectivity index (χ1n) is 7.40. The molecule has 7 heteroatoms. The van der Waals surface area contributed by atoms with Crippen LogP contribution >= 0.6 is 11.3 Å². The highest BCUT2D eigenvalue weighted by molar-refractivity contribution is 7.13. The fourth-order valence-corrected chi connectivity index (χ4v) is 3.05. The van der Waals surface area contributed by atoms with Crippen LogP contribution in [0.5, 0.6) is 5.88 Å². The average molecular weight is 350 g/mol. The molecule has 0 radical (unpaired) electrons. The molecule has 0 bridgehead atoms. The van der Waals surface area contributed by atoms with E-state index in [0.717, 1.165) is 15.8 Å². The van der Waals surface area contributed by atoms with Gasteiger partial charge in [-0.15, -0.1) is 11.3 Å². The summed E-state index contributed by atoms with van der Waals surface area (Å²) in [6.07, 6.45) is 1.43. The molecular weight excluding hydrogens is 336 g/mol. The summed E-state index contributed by atoms with van der Waals surface area (Å²) >= 11 is 1.37. The van der Waals surface area contributed by atoms with E-state index in [-0.39, 0.29) is 11.4 Å². The third kappa shape index (κ3) is 3.07. The molecule has 0 saturated carbocycles. The lowest BCUT2D eigenvalue weighted by atomic mass is 10.1. The summed E-state index contributed by atoms with van der Waals surface area (Å²) in [6.45, 7) is 1.61. The van der Waals surface area contributed by atoms with Crippen LogP contribution in [0.3, 0.4) is 0 Å². The maximum Gasteiger partial charge on any atom is 0.271 e. The number of nitriles is 1. The monoisotopic (exact) mass is 350 g/mol. The van der Waals surface area contributed by atoms with Gasteiger partial charge in [-0.25, -0.2) is 9.98 Å². The van der Waals surface area contributed by atoms with E-state index in [1.54, 1.807) is 6.92 Å². The van der Waals surface area contributed by atoms with E-state index in [2.05, 4.69) is 9.98 Å². The molecule has 1 N–H and O–H groups in total. The van der Waals surface area contributed by atoms with E-state index < -0.39 is 5.56 Å². The Labute approximate surface area is 148 Å². The zero-order valence-corrected chi connectivity index (χ0v) is 14.4. The highest BCUT2D eigenvalue weighted by Crippen LogP contribution is 2.27. The zero-order valence-electron chi connectivity index (χ0n) is 13.6. The minimum Gasteiger partial charge on any atom is -0.494 e. The molecule has 124 valence electrons. The van der Waals surface area contributed by atoms with Gasteiger partial charge >= 0.3 is 0 Å². The van der Waals surface area contributed by atoms with Crippen molar-refractivity contribution < 1.29 is 5.11 Å². The van der Waals surface area contributed by atoms with Crippen molar-refractivity contribution in [3.63, 3.8) is 0 Å². The molecule has 3 rings (SSSR count). The Balaban J connectivity index is 1.99. The van der Waals surface area contributed by atoms with Gasteiger partial charge in [0.05, 0.1) is 11.3 Å². The van der Waals surface area contributed by atoms with Crippen LogP contribution in [0.25, 0.3) is 11.3 Å². The largest absolute Gasteiger partial charge is 0.494 e. The van der Waals surface area contributed by atoms with Gasteiger partial charge in [-0.2, -0.15) is 5.26 Å². The Morgan fingerprint density at radius 1 is 1.36 bits per heavy atom. The number of pyridine rings is 1. The predicted octanol–water partition coefficient (Wildman–Crippen LogP) is 3.15. The Morgan fingerprint density at radius 2 is 2.08 bits per heavy atom. The highest BCUT2D eigenvalue weighted by Gasteiger charge is 2.15. The van der Waals surface area contributed by atoms with E-state index in [1.807, 2.05) is 41.8 Å². The Kier molecular flexibility index (Phi) is 4.46. The number of aromatic nitrogens is 2. The quantitative estimate of drug-likeness (QED) is 0.735. The number of hydrogen-bond acceptors (Lipinski definition) is 6. The summed E-state index contributed by atoms with van der Waals surface area (Å²) in [5.74, 6) is -0.231. The Morgan fingerprint density at radius 3 is 2.76 bits per heavy atom. The van der Waals surface area contributed by atoms with Gasteiger partial charge in [0.1, 0.15) is 11.6 Å². The molecule has 0 aliphatic heterocycles. The van der Waals surface area contributed by atoms with Crippen LogP contribution in [0.2, 0.25) is 0 Å². The molecule has 2 aromatic heterocycles. The lowest BCUT2D eigenvalue weighted by molar-refractivity contribution is 0.421. The van der Waals surface area contributed by atoms with Crippen molar-refractivity contribution in [1.82, 2.24) is 9.55 Å². The number of aromatic hydroxyl groups is 1. The fraction of sp³-hybridized carbons (Fsp3) is 0.111. The molecule has 2 heterocycles. The minimum absolute atomic E-state index is 0.00846. The van der Waals surface area contributed by atoms with Crippen LogP contribution in [-0.4, -0.2) is 20.9 Å². The predicted molar refractivity (Wildman–Crippen MR) is 97.6 cm³/mol. The fourth-order valence-electron chi connectivity index (χ4n) is 2.38. The number of benzene rings is 1. The second-order valence-electron chi connectivity index (χ2n) is 5.35. The molecule has 3 aromatic rings. The summed E-state index contributed by atoms with van der Waals surface area (Å²) in [5, 5.41) is 21.8. The van der Waals surface area contributed by atoms with Crippen LogP contribution in [0.15, 0.2) is 45.5 Å². The topological polar surface area (TPSA) is 91.3 Å². The summed E-state index contributed by atoms with van der Waals surface area (Å²) in [7, 11) is 1.41. The second kappa shape index (κ2) is 6.71. The third-order valence-corrected chi connectivity index (χ3v) is 4.58. The number of thiazole rings is 1. The van der Waals surface area contributed by atoms with E-state index in [0.29, 0.717) is 16.3 Å². The van der Waals surface area contributed by atoms with Gasteiger partial charge in [0.25, 0.3) is 5.56 Å². The smallest absolute Gasteiger partial charge is 0.271 e. The van der Waals surface area contributed by atoms with Gasteiger partial charge < -0.3 is 5.11 Å². The van der Waals surface area contributed by atoms with Crippen LogP contribution in [-0.2, 0) is 7.05 Å². The van der Waals surface area contributed by atoms with E-state index in [9.17, 15) is 9.90 Å². The van der Waals surface area contributed by atoms with Gasteiger partial charge in [0.2, 0.25) is 11.0 Å². The standard InChI is InChI=1S/C18H14N4O2S/c1-11-13(8-19)16(23)22(2)17(24)14(11)9-20-18-21-15(10-25-18)12-6-4-3-5-7-12/h3-7,9-10,24H,1-2H3. The minimum atomic E-state index is -0.532. The van der Waals surface area contributed by atoms with Crippen molar-refractivity contribution in [2.24, 2.45) is 12.0 Å². The van der Waals surface area contributed by atoms with Gasteiger partial charge in [-0.1, -0.05) is 30.3 Å². The zero-order chi connectivity index (χ0) is 18.0. The van der Waals surface area contributed by atoms with Crippen molar-refractivity contribution in [1.29, 1.82) is 5.26 Å². The van der Waals surface area contributed by atoms with Crippen LogP contribution in [0.1, 0.15) is 16.7 Å². The molecule has 1 aromatic carbocycles. The maximum absolute atomic E-state index is 12.0. The summed E-state index contributed by atoms with van der Waals surface area (Å²) < 4.78 is 1.03. The highest BCUT2D eigenvalue weighted by atomic mass is 32.1. The Hall–Kier alpha value is -3.24. The molecule has 6 nitrogen and oxygen atoms in total.